The number of hydrogen-bond acceptors (Lipinski definition) is 7. The van der Waals surface area contributed by atoms with Crippen molar-refractivity contribution in [2.75, 3.05) is 12.8 Å². The Bertz CT molecular complexity index is 1350. The molecule has 1 aliphatic carbocycles. The predicted octanol–water partition coefficient (Wildman–Crippen LogP) is 5.33. The molecular weight excluding hydrogens is 473 g/mol. The number of methoxy groups -OCH3 is 1. The van der Waals surface area contributed by atoms with Crippen molar-refractivity contribution in [3.05, 3.63) is 71.6 Å². The fourth-order valence-corrected chi connectivity index (χ4v) is 4.57. The second-order valence-corrected chi connectivity index (χ2v) is 9.88. The first-order valence-electron chi connectivity index (χ1n) is 12.5. The van der Waals surface area contributed by atoms with Crippen LogP contribution in [0.25, 0.3) is 11.5 Å². The van der Waals surface area contributed by atoms with E-state index in [1.165, 1.54) is 18.9 Å². The molecule has 0 spiro atoms. The molecule has 2 aromatic carbocycles. The summed E-state index contributed by atoms with van der Waals surface area (Å²) < 4.78 is 33.8. The van der Waals surface area contributed by atoms with E-state index in [0.29, 0.717) is 35.2 Å². The Morgan fingerprint density at radius 1 is 1.08 bits per heavy atom. The molecule has 2 aromatic rings. The van der Waals surface area contributed by atoms with E-state index in [1.54, 1.807) is 31.6 Å². The van der Waals surface area contributed by atoms with Crippen LogP contribution in [0.4, 0.5) is 10.2 Å². The summed E-state index contributed by atoms with van der Waals surface area (Å²) in [5, 5.41) is 0. The molecule has 1 fully saturated rings. The Kier molecular flexibility index (Phi) is 6.97. The Morgan fingerprint density at radius 2 is 1.86 bits per heavy atom. The van der Waals surface area contributed by atoms with Crippen molar-refractivity contribution in [3.8, 4) is 23.0 Å². The van der Waals surface area contributed by atoms with E-state index in [9.17, 15) is 4.39 Å². The Hall–Kier alpha value is -3.72. The minimum absolute atomic E-state index is 0.0912. The Balaban J connectivity index is 1.40. The number of ether oxygens (including phenoxy) is 3. The van der Waals surface area contributed by atoms with Gasteiger partial charge >= 0.3 is 0 Å². The highest BCUT2D eigenvalue weighted by Gasteiger charge is 2.31. The summed E-state index contributed by atoms with van der Waals surface area (Å²) in [6.07, 6.45) is 6.38. The van der Waals surface area contributed by atoms with E-state index in [-0.39, 0.29) is 24.3 Å². The SMILES string of the molecule is COc1ccc(Cn2cnc(N)c3nc(C(C)(C)OCc4ccccc4F)nc2-3)cc1OC1CCCC1. The molecule has 2 heterocycles. The Labute approximate surface area is 216 Å². The highest BCUT2D eigenvalue weighted by Crippen LogP contribution is 2.34. The van der Waals surface area contributed by atoms with Crippen LogP contribution in [0.3, 0.4) is 0 Å². The zero-order valence-corrected chi connectivity index (χ0v) is 21.4. The standard InChI is InChI=1S/C28H32FN5O3/c1-28(2,36-16-19-8-4-7-11-21(19)29)27-32-24-25(30)31-17-34(26(24)33-27)15-18-12-13-22(35-3)23(14-18)37-20-9-5-6-10-20/h4,7-8,11-14,17,20H,5-6,9-10,15-16,30H2,1-3H3. The fraction of sp³-hybridized carbons (Fsp3) is 0.393. The van der Waals surface area contributed by atoms with Gasteiger partial charge in [0.05, 0.1) is 32.7 Å². The first kappa shape index (κ1) is 25.0. The number of rotatable bonds is 9. The molecule has 0 radical (unpaired) electrons. The molecule has 37 heavy (non-hydrogen) atoms. The third-order valence-electron chi connectivity index (χ3n) is 6.75. The minimum atomic E-state index is -0.881. The van der Waals surface area contributed by atoms with E-state index in [2.05, 4.69) is 9.97 Å². The van der Waals surface area contributed by atoms with Gasteiger partial charge in [0.15, 0.2) is 34.7 Å². The molecule has 0 amide bonds. The van der Waals surface area contributed by atoms with Gasteiger partial charge in [-0.25, -0.2) is 19.3 Å². The molecule has 0 unspecified atom stereocenters. The first-order valence-corrected chi connectivity index (χ1v) is 12.5. The molecule has 5 rings (SSSR count). The molecule has 0 saturated heterocycles. The van der Waals surface area contributed by atoms with Gasteiger partial charge in [0.2, 0.25) is 0 Å². The second kappa shape index (κ2) is 10.3. The number of halogens is 1. The van der Waals surface area contributed by atoms with Crippen molar-refractivity contribution < 1.29 is 18.6 Å². The largest absolute Gasteiger partial charge is 0.493 e. The van der Waals surface area contributed by atoms with Crippen LogP contribution >= 0.6 is 0 Å². The minimum Gasteiger partial charge on any atom is -0.493 e. The average Bonchev–Trinajstić information content (AvgIpc) is 3.57. The molecule has 0 bridgehead atoms. The lowest BCUT2D eigenvalue weighted by atomic mass is 10.1. The van der Waals surface area contributed by atoms with Crippen molar-refractivity contribution in [2.24, 2.45) is 0 Å². The Morgan fingerprint density at radius 3 is 2.62 bits per heavy atom. The maximum absolute atomic E-state index is 14.1. The normalized spacial score (nSPS) is 14.4. The number of nitrogens with two attached hydrogens (primary N) is 1. The van der Waals surface area contributed by atoms with Gasteiger partial charge in [-0.1, -0.05) is 24.3 Å². The number of anilines is 1. The number of imidazole rings is 1. The average molecular weight is 506 g/mol. The zero-order valence-electron chi connectivity index (χ0n) is 21.4. The van der Waals surface area contributed by atoms with Crippen molar-refractivity contribution in [2.45, 2.75) is 64.4 Å². The van der Waals surface area contributed by atoms with Crippen LogP contribution in [0.1, 0.15) is 56.5 Å². The van der Waals surface area contributed by atoms with Crippen molar-refractivity contribution in [3.63, 3.8) is 0 Å². The van der Waals surface area contributed by atoms with Gasteiger partial charge in [-0.3, -0.25) is 0 Å². The smallest absolute Gasteiger partial charge is 0.166 e. The molecular formula is C28H32FN5O3. The second-order valence-electron chi connectivity index (χ2n) is 9.88. The maximum atomic E-state index is 14.1. The molecule has 8 nitrogen and oxygen atoms in total. The molecule has 2 N–H and O–H groups in total. The van der Waals surface area contributed by atoms with Gasteiger partial charge in [0.25, 0.3) is 0 Å². The van der Waals surface area contributed by atoms with Crippen LogP contribution in [0.15, 0.2) is 48.8 Å². The lowest BCUT2D eigenvalue weighted by Gasteiger charge is -2.22. The highest BCUT2D eigenvalue weighted by atomic mass is 19.1. The lowest BCUT2D eigenvalue weighted by molar-refractivity contribution is -0.0403. The summed E-state index contributed by atoms with van der Waals surface area (Å²) in [7, 11) is 1.65. The molecule has 194 valence electrons. The van der Waals surface area contributed by atoms with Gasteiger partial charge in [0, 0.05) is 5.56 Å². The quantitative estimate of drug-likeness (QED) is 0.328. The van der Waals surface area contributed by atoms with Gasteiger partial charge in [-0.05, 0) is 63.3 Å². The van der Waals surface area contributed by atoms with Crippen molar-refractivity contribution in [1.82, 2.24) is 19.5 Å². The van der Waals surface area contributed by atoms with Gasteiger partial charge in [0.1, 0.15) is 11.4 Å². The van der Waals surface area contributed by atoms with Crippen LogP contribution in [-0.4, -0.2) is 32.7 Å². The summed E-state index contributed by atoms with van der Waals surface area (Å²) in [5.74, 6) is 2.48. The molecule has 2 aliphatic heterocycles. The van der Waals surface area contributed by atoms with Crippen molar-refractivity contribution in [1.29, 1.82) is 0 Å². The van der Waals surface area contributed by atoms with Crippen LogP contribution in [0, 0.1) is 5.82 Å². The monoisotopic (exact) mass is 505 g/mol. The molecule has 0 atom stereocenters. The zero-order chi connectivity index (χ0) is 26.0. The number of nitrogen functional groups attached to an aromatic ring is 1. The third kappa shape index (κ3) is 5.36. The molecule has 1 saturated carbocycles. The van der Waals surface area contributed by atoms with Gasteiger partial charge in [-0.2, -0.15) is 0 Å². The van der Waals surface area contributed by atoms with Crippen LogP contribution < -0.4 is 15.2 Å². The molecule has 9 heteroatoms. The van der Waals surface area contributed by atoms with Crippen molar-refractivity contribution >= 4 is 5.82 Å². The predicted molar refractivity (Wildman–Crippen MR) is 138 cm³/mol. The number of hydrogen-bond donors (Lipinski definition) is 1. The van der Waals surface area contributed by atoms with E-state index < -0.39 is 5.60 Å². The van der Waals surface area contributed by atoms with Gasteiger partial charge < -0.3 is 24.5 Å². The molecule has 3 aliphatic rings. The highest BCUT2D eigenvalue weighted by molar-refractivity contribution is 5.65. The molecule has 0 aromatic heterocycles. The first-order chi connectivity index (χ1) is 17.8. The third-order valence-corrected chi connectivity index (χ3v) is 6.75. The number of fused-ring (bicyclic) bond motifs is 1. The van der Waals surface area contributed by atoms with E-state index in [0.717, 1.165) is 24.2 Å². The summed E-state index contributed by atoms with van der Waals surface area (Å²) in [5.41, 5.74) is 7.25. The number of aromatic nitrogens is 4. The van der Waals surface area contributed by atoms with E-state index in [1.807, 2.05) is 36.6 Å². The van der Waals surface area contributed by atoms with Crippen LogP contribution in [0.5, 0.6) is 11.5 Å². The number of nitrogens with zero attached hydrogens (tertiary/aromatic N) is 4. The summed E-state index contributed by atoms with van der Waals surface area (Å²) in [6, 6.07) is 12.5. The maximum Gasteiger partial charge on any atom is 0.166 e. The number of benzene rings is 2. The summed E-state index contributed by atoms with van der Waals surface area (Å²) in [4.78, 5) is 13.8. The lowest BCUT2D eigenvalue weighted by Crippen LogP contribution is -2.23. The van der Waals surface area contributed by atoms with Gasteiger partial charge in [-0.15, -0.1) is 0 Å². The fourth-order valence-electron chi connectivity index (χ4n) is 4.57. The summed E-state index contributed by atoms with van der Waals surface area (Å²) in [6.45, 7) is 4.29. The topological polar surface area (TPSA) is 97.3 Å². The van der Waals surface area contributed by atoms with E-state index in [4.69, 9.17) is 24.9 Å². The van der Waals surface area contributed by atoms with E-state index >= 15 is 0 Å². The summed E-state index contributed by atoms with van der Waals surface area (Å²) >= 11 is 0. The van der Waals surface area contributed by atoms with Crippen LogP contribution in [0.2, 0.25) is 0 Å². The van der Waals surface area contributed by atoms with Crippen LogP contribution in [-0.2, 0) is 23.5 Å².